The standard InChI is InChI=1S/C19H32N2O5/c1-8-10(2)13(20-17(25)26-18(3,4)5)15(22)21-9-11-12(19(11,6)7)14(21)16(23)24/h10-14H,8-9H2,1-7H3,(H,20,25)(H,23,24)/t10-,11+,12+,13+,14+/m1/s1. The molecular weight excluding hydrogens is 336 g/mol. The van der Waals surface area contributed by atoms with Crippen LogP contribution in [-0.4, -0.2) is 52.2 Å². The van der Waals surface area contributed by atoms with E-state index in [0.29, 0.717) is 13.0 Å². The number of amides is 2. The second kappa shape index (κ2) is 6.74. The first-order valence-electron chi connectivity index (χ1n) is 9.34. The fourth-order valence-electron chi connectivity index (χ4n) is 4.09. The minimum absolute atomic E-state index is 0.0249. The molecule has 0 bridgehead atoms. The van der Waals surface area contributed by atoms with Crippen LogP contribution in [0, 0.1) is 23.2 Å². The second-order valence-corrected chi connectivity index (χ2v) is 9.24. The number of carbonyl (C=O) groups is 3. The molecule has 7 heteroatoms. The smallest absolute Gasteiger partial charge is 0.408 e. The number of nitrogens with zero attached hydrogens (tertiary/aromatic N) is 1. The number of rotatable bonds is 5. The number of alkyl carbamates (subject to hydrolysis) is 1. The Balaban J connectivity index is 2.17. The first-order chi connectivity index (χ1) is 11.8. The third-order valence-corrected chi connectivity index (χ3v) is 5.90. The Morgan fingerprint density at radius 3 is 2.35 bits per heavy atom. The third kappa shape index (κ3) is 3.81. The lowest BCUT2D eigenvalue weighted by Crippen LogP contribution is -2.56. The van der Waals surface area contributed by atoms with Gasteiger partial charge in [-0.25, -0.2) is 9.59 Å². The summed E-state index contributed by atoms with van der Waals surface area (Å²) in [5.74, 6) is -1.26. The number of nitrogens with one attached hydrogen (secondary N) is 1. The highest BCUT2D eigenvalue weighted by molar-refractivity contribution is 5.91. The summed E-state index contributed by atoms with van der Waals surface area (Å²) < 4.78 is 5.28. The number of carbonyl (C=O) groups excluding carboxylic acids is 2. The van der Waals surface area contributed by atoms with Crippen molar-refractivity contribution in [3.63, 3.8) is 0 Å². The molecule has 0 aromatic rings. The van der Waals surface area contributed by atoms with Gasteiger partial charge in [0.15, 0.2) is 0 Å². The third-order valence-electron chi connectivity index (χ3n) is 5.90. The van der Waals surface area contributed by atoms with E-state index in [9.17, 15) is 19.5 Å². The van der Waals surface area contributed by atoms with Crippen molar-refractivity contribution in [2.75, 3.05) is 6.54 Å². The number of carboxylic acids is 1. The first kappa shape index (κ1) is 20.5. The van der Waals surface area contributed by atoms with Crippen LogP contribution in [0.4, 0.5) is 4.79 Å². The number of piperidine rings is 1. The van der Waals surface area contributed by atoms with Gasteiger partial charge in [0, 0.05) is 12.5 Å². The van der Waals surface area contributed by atoms with Crippen molar-refractivity contribution in [2.24, 2.45) is 23.2 Å². The Morgan fingerprint density at radius 2 is 1.88 bits per heavy atom. The van der Waals surface area contributed by atoms with Crippen LogP contribution in [0.1, 0.15) is 54.9 Å². The van der Waals surface area contributed by atoms with E-state index in [4.69, 9.17) is 4.74 Å². The molecule has 1 aliphatic heterocycles. The molecule has 2 rings (SSSR count). The fourth-order valence-corrected chi connectivity index (χ4v) is 4.09. The molecule has 1 saturated carbocycles. The van der Waals surface area contributed by atoms with Crippen LogP contribution in [0.2, 0.25) is 0 Å². The molecule has 2 aliphatic rings. The summed E-state index contributed by atoms with van der Waals surface area (Å²) >= 11 is 0. The largest absolute Gasteiger partial charge is 0.480 e. The molecule has 7 nitrogen and oxygen atoms in total. The molecule has 26 heavy (non-hydrogen) atoms. The molecule has 1 saturated heterocycles. The Morgan fingerprint density at radius 1 is 1.31 bits per heavy atom. The predicted octanol–water partition coefficient (Wildman–Crippen LogP) is 2.49. The number of likely N-dealkylation sites (tertiary alicyclic amines) is 1. The average molecular weight is 368 g/mol. The van der Waals surface area contributed by atoms with E-state index in [2.05, 4.69) is 5.32 Å². The minimum Gasteiger partial charge on any atom is -0.480 e. The van der Waals surface area contributed by atoms with Gasteiger partial charge < -0.3 is 20.1 Å². The Kier molecular flexibility index (Phi) is 5.32. The zero-order chi connectivity index (χ0) is 20.0. The molecule has 2 fully saturated rings. The summed E-state index contributed by atoms with van der Waals surface area (Å²) in [6.45, 7) is 13.6. The molecule has 0 spiro atoms. The number of hydrogen-bond donors (Lipinski definition) is 2. The van der Waals surface area contributed by atoms with Gasteiger partial charge in [0.1, 0.15) is 17.7 Å². The predicted molar refractivity (Wildman–Crippen MR) is 96.5 cm³/mol. The maximum absolute atomic E-state index is 13.1. The zero-order valence-corrected chi connectivity index (χ0v) is 16.8. The van der Waals surface area contributed by atoms with Gasteiger partial charge in [-0.1, -0.05) is 34.1 Å². The highest BCUT2D eigenvalue weighted by Gasteiger charge is 2.69. The molecule has 1 heterocycles. The van der Waals surface area contributed by atoms with Gasteiger partial charge in [-0.3, -0.25) is 4.79 Å². The van der Waals surface area contributed by atoms with E-state index in [1.807, 2.05) is 27.7 Å². The van der Waals surface area contributed by atoms with Gasteiger partial charge in [-0.2, -0.15) is 0 Å². The molecule has 2 amide bonds. The maximum Gasteiger partial charge on any atom is 0.408 e. The Hall–Kier alpha value is -1.79. The molecule has 5 atom stereocenters. The molecule has 148 valence electrons. The maximum atomic E-state index is 13.1. The van der Waals surface area contributed by atoms with Crippen LogP contribution in [0.25, 0.3) is 0 Å². The van der Waals surface area contributed by atoms with Gasteiger partial charge in [-0.15, -0.1) is 0 Å². The number of hydrogen-bond acceptors (Lipinski definition) is 4. The number of ether oxygens (including phenoxy) is 1. The summed E-state index contributed by atoms with van der Waals surface area (Å²) in [4.78, 5) is 38.6. The summed E-state index contributed by atoms with van der Waals surface area (Å²) in [6, 6.07) is -1.62. The lowest BCUT2D eigenvalue weighted by molar-refractivity contribution is -0.151. The summed E-state index contributed by atoms with van der Waals surface area (Å²) in [5.41, 5.74) is -0.722. The lowest BCUT2D eigenvalue weighted by Gasteiger charge is -2.33. The van der Waals surface area contributed by atoms with Gasteiger partial charge in [0.25, 0.3) is 0 Å². The molecule has 0 radical (unpaired) electrons. The highest BCUT2D eigenvalue weighted by Crippen LogP contribution is 2.64. The summed E-state index contributed by atoms with van der Waals surface area (Å²) in [7, 11) is 0. The van der Waals surface area contributed by atoms with Crippen molar-refractivity contribution in [1.82, 2.24) is 10.2 Å². The molecule has 0 aromatic heterocycles. The van der Waals surface area contributed by atoms with Crippen LogP contribution < -0.4 is 5.32 Å². The van der Waals surface area contributed by atoms with Crippen LogP contribution in [0.15, 0.2) is 0 Å². The fraction of sp³-hybridized carbons (Fsp3) is 0.842. The summed E-state index contributed by atoms with van der Waals surface area (Å²) in [5, 5.41) is 12.3. The minimum atomic E-state index is -0.975. The normalized spacial score (nSPS) is 28.7. The van der Waals surface area contributed by atoms with E-state index >= 15 is 0 Å². The van der Waals surface area contributed by atoms with Crippen molar-refractivity contribution < 1.29 is 24.2 Å². The highest BCUT2D eigenvalue weighted by atomic mass is 16.6. The first-order valence-corrected chi connectivity index (χ1v) is 9.34. The van der Waals surface area contributed by atoms with Crippen LogP contribution in [-0.2, 0) is 14.3 Å². The van der Waals surface area contributed by atoms with Crippen molar-refractivity contribution in [1.29, 1.82) is 0 Å². The van der Waals surface area contributed by atoms with Crippen LogP contribution in [0.3, 0.4) is 0 Å². The zero-order valence-electron chi connectivity index (χ0n) is 16.8. The topological polar surface area (TPSA) is 95.9 Å². The van der Waals surface area contributed by atoms with Crippen LogP contribution in [0.5, 0.6) is 0 Å². The van der Waals surface area contributed by atoms with E-state index in [-0.39, 0.29) is 29.1 Å². The molecule has 1 aliphatic carbocycles. The average Bonchev–Trinajstić information content (AvgIpc) is 2.86. The number of fused-ring (bicyclic) bond motifs is 1. The molecular formula is C19H32N2O5. The van der Waals surface area contributed by atoms with Crippen molar-refractivity contribution in [3.8, 4) is 0 Å². The van der Waals surface area contributed by atoms with E-state index < -0.39 is 29.7 Å². The summed E-state index contributed by atoms with van der Waals surface area (Å²) in [6.07, 6.45) is 0.0172. The SMILES string of the molecule is CC[C@@H](C)[C@H](NC(=O)OC(C)(C)C)C(=O)N1C[C@H]2[C@@H]([C@H]1C(=O)O)C2(C)C. The molecule has 2 N–H and O–H groups in total. The van der Waals surface area contributed by atoms with Gasteiger partial charge in [-0.05, 0) is 38.0 Å². The molecule has 0 aromatic carbocycles. The Labute approximate surface area is 155 Å². The quantitative estimate of drug-likeness (QED) is 0.777. The van der Waals surface area contributed by atoms with E-state index in [0.717, 1.165) is 0 Å². The monoisotopic (exact) mass is 368 g/mol. The van der Waals surface area contributed by atoms with Crippen molar-refractivity contribution >= 4 is 18.0 Å². The van der Waals surface area contributed by atoms with Gasteiger partial charge in [0.2, 0.25) is 5.91 Å². The van der Waals surface area contributed by atoms with Crippen molar-refractivity contribution in [3.05, 3.63) is 0 Å². The van der Waals surface area contributed by atoms with Crippen LogP contribution >= 0.6 is 0 Å². The number of carboxylic acid groups (broad SMARTS) is 1. The second-order valence-electron chi connectivity index (χ2n) is 9.24. The molecule has 0 unspecified atom stereocenters. The Bertz CT molecular complexity index is 595. The number of aliphatic carboxylic acids is 1. The lowest BCUT2D eigenvalue weighted by atomic mass is 9.95. The van der Waals surface area contributed by atoms with E-state index in [1.165, 1.54) is 4.90 Å². The van der Waals surface area contributed by atoms with Gasteiger partial charge >= 0.3 is 12.1 Å². The van der Waals surface area contributed by atoms with Gasteiger partial charge in [0.05, 0.1) is 0 Å². The van der Waals surface area contributed by atoms with Crippen molar-refractivity contribution in [2.45, 2.75) is 72.6 Å². The van der Waals surface area contributed by atoms with E-state index in [1.54, 1.807) is 20.8 Å².